The van der Waals surface area contributed by atoms with Gasteiger partial charge in [-0.15, -0.1) is 23.5 Å². The minimum absolute atomic E-state index is 0.0230. The van der Waals surface area contributed by atoms with Crippen LogP contribution in [0.4, 0.5) is 0 Å². The fraction of sp³-hybridized carbons (Fsp3) is 0.375. The van der Waals surface area contributed by atoms with Crippen molar-refractivity contribution in [3.8, 4) is 0 Å². The Morgan fingerprint density at radius 2 is 1.25 bits per heavy atom. The van der Waals surface area contributed by atoms with Gasteiger partial charge in [-0.3, -0.25) is 14.4 Å². The van der Waals surface area contributed by atoms with Crippen LogP contribution in [0.3, 0.4) is 0 Å². The fourth-order valence-electron chi connectivity index (χ4n) is 4.18. The Kier molecular flexibility index (Phi) is 8.26. The Hall–Kier alpha value is -2.45. The summed E-state index contributed by atoms with van der Waals surface area (Å²) in [7, 11) is 3.70. The summed E-state index contributed by atoms with van der Waals surface area (Å²) >= 11 is 3.01. The van der Waals surface area contributed by atoms with Crippen LogP contribution in [0.25, 0.3) is 0 Å². The summed E-state index contributed by atoms with van der Waals surface area (Å²) < 4.78 is 15.2. The lowest BCUT2D eigenvalue weighted by atomic mass is 9.65. The highest BCUT2D eigenvalue weighted by Gasteiger charge is 2.65. The van der Waals surface area contributed by atoms with Crippen LogP contribution in [-0.4, -0.2) is 49.7 Å². The maximum absolute atomic E-state index is 13.2. The number of rotatable bonds is 7. The predicted octanol–water partition coefficient (Wildman–Crippen LogP) is 4.22. The SMILES string of the molecule is COC(=O)C1CC(Sc2ccccc2)CC(Sc2ccccc2)C1(C(=O)OC)C(=O)OC. The Morgan fingerprint density at radius 3 is 1.72 bits per heavy atom. The third-order valence-corrected chi connectivity index (χ3v) is 8.29. The molecule has 170 valence electrons. The van der Waals surface area contributed by atoms with E-state index in [2.05, 4.69) is 0 Å². The van der Waals surface area contributed by atoms with Crippen molar-refractivity contribution in [3.05, 3.63) is 60.7 Å². The van der Waals surface area contributed by atoms with Crippen LogP contribution in [0.15, 0.2) is 70.5 Å². The fourth-order valence-corrected chi connectivity index (χ4v) is 7.09. The molecule has 0 aromatic heterocycles. The Morgan fingerprint density at radius 1 is 0.750 bits per heavy atom. The van der Waals surface area contributed by atoms with E-state index in [0.717, 1.165) is 9.79 Å². The zero-order chi connectivity index (χ0) is 23.1. The first-order valence-electron chi connectivity index (χ1n) is 10.1. The number of esters is 3. The van der Waals surface area contributed by atoms with Gasteiger partial charge < -0.3 is 14.2 Å². The molecule has 32 heavy (non-hydrogen) atoms. The molecule has 1 aliphatic carbocycles. The second-order valence-corrected chi connectivity index (χ2v) is 10.0. The molecule has 0 N–H and O–H groups in total. The second kappa shape index (κ2) is 10.9. The first-order valence-corrected chi connectivity index (χ1v) is 11.9. The van der Waals surface area contributed by atoms with Crippen LogP contribution in [0, 0.1) is 11.3 Å². The van der Waals surface area contributed by atoms with E-state index in [4.69, 9.17) is 14.2 Å². The minimum Gasteiger partial charge on any atom is -0.469 e. The topological polar surface area (TPSA) is 78.9 Å². The van der Waals surface area contributed by atoms with Crippen LogP contribution in [0.5, 0.6) is 0 Å². The summed E-state index contributed by atoms with van der Waals surface area (Å²) in [5.41, 5.74) is -1.81. The average Bonchev–Trinajstić information content (AvgIpc) is 2.83. The number of carbonyl (C=O) groups is 3. The first kappa shape index (κ1) is 24.2. The maximum atomic E-state index is 13.2. The zero-order valence-electron chi connectivity index (χ0n) is 18.2. The average molecular weight is 475 g/mol. The molecule has 0 saturated heterocycles. The lowest BCUT2D eigenvalue weighted by Gasteiger charge is -2.45. The number of hydrogen-bond donors (Lipinski definition) is 0. The highest BCUT2D eigenvalue weighted by Crippen LogP contribution is 2.54. The van der Waals surface area contributed by atoms with Gasteiger partial charge in [0.05, 0.1) is 27.2 Å². The second-order valence-electron chi connectivity index (χ2n) is 7.37. The molecular weight excluding hydrogens is 448 g/mol. The largest absolute Gasteiger partial charge is 0.469 e. The van der Waals surface area contributed by atoms with E-state index in [1.165, 1.54) is 33.1 Å². The molecule has 2 aromatic carbocycles. The van der Waals surface area contributed by atoms with E-state index >= 15 is 0 Å². The van der Waals surface area contributed by atoms with E-state index in [1.807, 2.05) is 60.7 Å². The number of benzene rings is 2. The summed E-state index contributed by atoms with van der Waals surface area (Å²) in [5, 5.41) is -0.617. The normalized spacial score (nSPS) is 21.9. The highest BCUT2D eigenvalue weighted by atomic mass is 32.2. The molecule has 1 aliphatic rings. The Balaban J connectivity index is 2.09. The third-order valence-electron chi connectivity index (χ3n) is 5.63. The summed E-state index contributed by atoms with van der Waals surface area (Å²) in [6.07, 6.45) is 0.777. The van der Waals surface area contributed by atoms with Crippen molar-refractivity contribution in [2.45, 2.75) is 33.1 Å². The highest BCUT2D eigenvalue weighted by molar-refractivity contribution is 8.01. The van der Waals surface area contributed by atoms with Gasteiger partial charge in [0.1, 0.15) is 0 Å². The van der Waals surface area contributed by atoms with E-state index in [-0.39, 0.29) is 11.7 Å². The van der Waals surface area contributed by atoms with Gasteiger partial charge in [0.15, 0.2) is 5.41 Å². The van der Waals surface area contributed by atoms with Crippen molar-refractivity contribution in [1.29, 1.82) is 0 Å². The molecule has 0 radical (unpaired) electrons. The van der Waals surface area contributed by atoms with Gasteiger partial charge in [0.2, 0.25) is 0 Å². The molecule has 6 nitrogen and oxygen atoms in total. The number of thioether (sulfide) groups is 2. The smallest absolute Gasteiger partial charge is 0.325 e. The van der Waals surface area contributed by atoms with Crippen LogP contribution in [0.1, 0.15) is 12.8 Å². The van der Waals surface area contributed by atoms with Crippen molar-refractivity contribution in [2.75, 3.05) is 21.3 Å². The molecule has 2 aromatic rings. The third kappa shape index (κ3) is 4.81. The van der Waals surface area contributed by atoms with Gasteiger partial charge in [-0.05, 0) is 37.1 Å². The van der Waals surface area contributed by atoms with E-state index in [1.54, 1.807) is 11.8 Å². The summed E-state index contributed by atoms with van der Waals surface area (Å²) in [6.45, 7) is 0. The van der Waals surface area contributed by atoms with Crippen LogP contribution in [0.2, 0.25) is 0 Å². The molecule has 0 spiro atoms. The van der Waals surface area contributed by atoms with E-state index in [0.29, 0.717) is 6.42 Å². The summed E-state index contributed by atoms with van der Waals surface area (Å²) in [4.78, 5) is 41.4. The standard InChI is InChI=1S/C24H26O6S2/c1-28-21(25)19-14-18(31-16-10-6-4-7-11-16)15-20(32-17-12-8-5-9-13-17)24(19,22(26)29-2)23(27)30-3/h4-13,18-20H,14-15H2,1-3H3. The number of methoxy groups -OCH3 is 3. The van der Waals surface area contributed by atoms with Gasteiger partial charge in [-0.25, -0.2) is 0 Å². The van der Waals surface area contributed by atoms with Crippen molar-refractivity contribution < 1.29 is 28.6 Å². The Labute approximate surface area is 196 Å². The summed E-state index contributed by atoms with van der Waals surface area (Å²) in [6, 6.07) is 19.3. The lowest BCUT2D eigenvalue weighted by Crippen LogP contribution is -2.60. The van der Waals surface area contributed by atoms with Gasteiger partial charge in [-0.2, -0.15) is 0 Å². The zero-order valence-corrected chi connectivity index (χ0v) is 19.8. The summed E-state index contributed by atoms with van der Waals surface area (Å²) in [5.74, 6) is -3.23. The number of ether oxygens (including phenoxy) is 3. The minimum atomic E-state index is -1.81. The van der Waals surface area contributed by atoms with Crippen molar-refractivity contribution >= 4 is 41.4 Å². The molecular formula is C24H26O6S2. The predicted molar refractivity (Wildman–Crippen MR) is 123 cm³/mol. The Bertz CT molecular complexity index is 918. The molecule has 0 amide bonds. The maximum Gasteiger partial charge on any atom is 0.325 e. The molecule has 3 unspecified atom stereocenters. The van der Waals surface area contributed by atoms with Crippen molar-refractivity contribution in [2.24, 2.45) is 11.3 Å². The molecule has 0 bridgehead atoms. The van der Waals surface area contributed by atoms with Crippen molar-refractivity contribution in [1.82, 2.24) is 0 Å². The quantitative estimate of drug-likeness (QED) is 0.335. The van der Waals surface area contributed by atoms with Gasteiger partial charge in [-0.1, -0.05) is 36.4 Å². The number of carbonyl (C=O) groups excluding carboxylic acids is 3. The van der Waals surface area contributed by atoms with Gasteiger partial charge >= 0.3 is 17.9 Å². The van der Waals surface area contributed by atoms with Gasteiger partial charge in [0.25, 0.3) is 0 Å². The van der Waals surface area contributed by atoms with Crippen LogP contribution < -0.4 is 0 Å². The molecule has 0 heterocycles. The van der Waals surface area contributed by atoms with Crippen LogP contribution in [-0.2, 0) is 28.6 Å². The molecule has 1 saturated carbocycles. The molecule has 8 heteroatoms. The molecule has 1 fully saturated rings. The van der Waals surface area contributed by atoms with Crippen molar-refractivity contribution in [3.63, 3.8) is 0 Å². The molecule has 0 aliphatic heterocycles. The molecule has 3 atom stereocenters. The molecule has 3 rings (SSSR count). The number of hydrogen-bond acceptors (Lipinski definition) is 8. The van der Waals surface area contributed by atoms with E-state index in [9.17, 15) is 14.4 Å². The van der Waals surface area contributed by atoms with E-state index < -0.39 is 34.5 Å². The van der Waals surface area contributed by atoms with Gasteiger partial charge in [0, 0.05) is 20.3 Å². The lowest BCUT2D eigenvalue weighted by molar-refractivity contribution is -0.182. The monoisotopic (exact) mass is 474 g/mol. The first-order chi connectivity index (χ1) is 15.5. The van der Waals surface area contributed by atoms with Crippen LogP contribution >= 0.6 is 23.5 Å².